The number of carbonyl (C=O) groups is 3. The highest BCUT2D eigenvalue weighted by molar-refractivity contribution is 7.91. The van der Waals surface area contributed by atoms with Gasteiger partial charge in [0.25, 0.3) is 11.8 Å². The number of aromatic hydroxyl groups is 2. The Morgan fingerprint density at radius 3 is 2.39 bits per heavy atom. The van der Waals surface area contributed by atoms with E-state index in [1.807, 2.05) is 32.9 Å². The van der Waals surface area contributed by atoms with Gasteiger partial charge < -0.3 is 20.8 Å². The number of hydrogen-bond donors (Lipinski definition) is 4. The zero-order valence-electron chi connectivity index (χ0n) is 24.6. The summed E-state index contributed by atoms with van der Waals surface area (Å²) in [5, 5.41) is 24.1. The highest BCUT2D eigenvalue weighted by Gasteiger charge is 2.49. The number of nitrogens with zero attached hydrogens (tertiary/aromatic N) is 2. The Morgan fingerprint density at radius 2 is 1.75 bits per heavy atom. The van der Waals surface area contributed by atoms with Gasteiger partial charge in [-0.05, 0) is 52.9 Å². The number of hydrogen-bond acceptors (Lipinski definition) is 9. The fourth-order valence-corrected chi connectivity index (χ4v) is 7.09. The highest BCUT2D eigenvalue weighted by Crippen LogP contribution is 2.36. The fourth-order valence-electron chi connectivity index (χ4n) is 5.35. The number of phenols is 1. The Hall–Kier alpha value is -4.71. The number of pyridine rings is 1. The molecule has 0 bridgehead atoms. The van der Waals surface area contributed by atoms with Gasteiger partial charge in [-0.15, -0.1) is 0 Å². The summed E-state index contributed by atoms with van der Waals surface area (Å²) in [7, 11) is -4.20. The molecule has 11 nitrogen and oxygen atoms in total. The van der Waals surface area contributed by atoms with Gasteiger partial charge in [0.15, 0.2) is 15.6 Å². The topological polar surface area (TPSA) is 166 Å². The number of carbonyl (C=O) groups excluding carboxylic acids is 3. The fraction of sp³-hybridized carbons (Fsp3) is 0.312. The molecule has 5 rings (SSSR count). The van der Waals surface area contributed by atoms with E-state index in [1.165, 1.54) is 30.5 Å². The molecule has 2 unspecified atom stereocenters. The van der Waals surface area contributed by atoms with Crippen molar-refractivity contribution < 1.29 is 33.0 Å². The number of aromatic nitrogens is 1. The molecule has 3 heterocycles. The summed E-state index contributed by atoms with van der Waals surface area (Å²) in [6.07, 6.45) is 1.15. The third kappa shape index (κ3) is 6.30. The number of nitrogens with one attached hydrogen (secondary N) is 2. The maximum Gasteiger partial charge on any atom is 0.251 e. The molecule has 1 aromatic heterocycles. The highest BCUT2D eigenvalue weighted by atomic mass is 32.2. The first-order valence-corrected chi connectivity index (χ1v) is 15.8. The van der Waals surface area contributed by atoms with E-state index < -0.39 is 44.6 Å². The SMILES string of the molecule is CC(C)(C)c1ccc(C(=O)NC(Cc2ccc(O)cc2)C(=O)N2C3=C(CC2S(=O)(=O)Cc2ncccc2O)NCC3=O)cc1. The molecule has 0 spiro atoms. The molecule has 4 N–H and O–H groups in total. The number of phenolic OH excluding ortho intramolecular Hbond substituents is 1. The maximum absolute atomic E-state index is 14.4. The van der Waals surface area contributed by atoms with Gasteiger partial charge in [-0.1, -0.05) is 45.0 Å². The Balaban J connectivity index is 1.49. The second-order valence-electron chi connectivity index (χ2n) is 12.0. The van der Waals surface area contributed by atoms with Gasteiger partial charge in [0.2, 0.25) is 0 Å². The van der Waals surface area contributed by atoms with Crippen molar-refractivity contribution in [3.8, 4) is 11.5 Å². The zero-order chi connectivity index (χ0) is 31.8. The smallest absolute Gasteiger partial charge is 0.251 e. The first kappa shape index (κ1) is 30.7. The molecule has 3 aromatic rings. The summed E-state index contributed by atoms with van der Waals surface area (Å²) >= 11 is 0. The lowest BCUT2D eigenvalue weighted by Crippen LogP contribution is -2.53. The second kappa shape index (κ2) is 11.8. The van der Waals surface area contributed by atoms with E-state index in [1.54, 1.807) is 24.3 Å². The minimum atomic E-state index is -4.20. The van der Waals surface area contributed by atoms with Crippen LogP contribution in [0.25, 0.3) is 0 Å². The maximum atomic E-state index is 14.4. The van der Waals surface area contributed by atoms with Crippen LogP contribution in [0.15, 0.2) is 78.3 Å². The van der Waals surface area contributed by atoms with E-state index in [0.717, 1.165) is 10.5 Å². The first-order chi connectivity index (χ1) is 20.7. The lowest BCUT2D eigenvalue weighted by molar-refractivity contribution is -0.133. The summed E-state index contributed by atoms with van der Waals surface area (Å²) in [6, 6.07) is 14.6. The molecule has 0 aliphatic carbocycles. The van der Waals surface area contributed by atoms with E-state index >= 15 is 0 Å². The van der Waals surface area contributed by atoms with Gasteiger partial charge in [0, 0.05) is 30.3 Å². The average Bonchev–Trinajstić information content (AvgIpc) is 3.54. The number of Topliss-reactive ketones (excluding diaryl/α,β-unsaturated/α-hetero) is 1. The van der Waals surface area contributed by atoms with Crippen LogP contribution in [0.3, 0.4) is 0 Å². The summed E-state index contributed by atoms with van der Waals surface area (Å²) in [5.41, 5.74) is 1.97. The third-order valence-corrected chi connectivity index (χ3v) is 9.65. The monoisotopic (exact) mass is 618 g/mol. The van der Waals surface area contributed by atoms with Crippen LogP contribution in [0, 0.1) is 0 Å². The average molecular weight is 619 g/mol. The van der Waals surface area contributed by atoms with Crippen molar-refractivity contribution in [3.63, 3.8) is 0 Å². The zero-order valence-corrected chi connectivity index (χ0v) is 25.4. The first-order valence-electron chi connectivity index (χ1n) is 14.1. The minimum absolute atomic E-state index is 0.0144. The van der Waals surface area contributed by atoms with E-state index in [-0.39, 0.29) is 47.7 Å². The Morgan fingerprint density at radius 1 is 1.07 bits per heavy atom. The van der Waals surface area contributed by atoms with Crippen molar-refractivity contribution in [2.75, 3.05) is 6.54 Å². The molecule has 0 saturated heterocycles. The molecule has 2 aliphatic rings. The van der Waals surface area contributed by atoms with Crippen molar-refractivity contribution in [1.82, 2.24) is 20.5 Å². The summed E-state index contributed by atoms with van der Waals surface area (Å²) < 4.78 is 27.5. The van der Waals surface area contributed by atoms with Gasteiger partial charge in [0.05, 0.1) is 18.0 Å². The summed E-state index contributed by atoms with van der Waals surface area (Å²) in [6.45, 7) is 6.06. The lowest BCUT2D eigenvalue weighted by atomic mass is 9.86. The van der Waals surface area contributed by atoms with E-state index in [4.69, 9.17) is 0 Å². The predicted molar refractivity (Wildman–Crippen MR) is 162 cm³/mol. The molecule has 0 saturated carbocycles. The van der Waals surface area contributed by atoms with E-state index in [9.17, 15) is 33.0 Å². The van der Waals surface area contributed by atoms with E-state index in [2.05, 4.69) is 15.6 Å². The van der Waals surface area contributed by atoms with Crippen LogP contribution >= 0.6 is 0 Å². The van der Waals surface area contributed by atoms with Crippen LogP contribution in [-0.2, 0) is 37.0 Å². The number of amides is 2. The molecule has 2 atom stereocenters. The Kier molecular flexibility index (Phi) is 8.21. The van der Waals surface area contributed by atoms with Gasteiger partial charge in [0.1, 0.15) is 28.6 Å². The minimum Gasteiger partial charge on any atom is -0.508 e. The van der Waals surface area contributed by atoms with Crippen LogP contribution < -0.4 is 10.6 Å². The summed E-state index contributed by atoms with van der Waals surface area (Å²) in [5.74, 6) is -2.74. The van der Waals surface area contributed by atoms with Crippen LogP contribution in [0.1, 0.15) is 54.4 Å². The molecule has 0 fully saturated rings. The van der Waals surface area contributed by atoms with Crippen molar-refractivity contribution in [2.24, 2.45) is 0 Å². The Labute approximate surface area is 255 Å². The van der Waals surface area contributed by atoms with E-state index in [0.29, 0.717) is 16.8 Å². The van der Waals surface area contributed by atoms with Crippen molar-refractivity contribution in [1.29, 1.82) is 0 Å². The number of sulfone groups is 1. The molecular weight excluding hydrogens is 584 g/mol. The number of rotatable bonds is 8. The predicted octanol–water partition coefficient (Wildman–Crippen LogP) is 2.69. The molecule has 2 amide bonds. The standard InChI is InChI=1S/C32H34N4O7S/c1-32(2,3)21-10-8-20(9-11-21)30(40)35-24(15-19-6-12-22(37)13-7-19)31(41)36-28(16-23-29(36)27(39)17-34-23)44(42,43)18-25-26(38)5-4-14-33-25/h4-14,24,28,34,37-38H,15-18H2,1-3H3,(H,35,40). The van der Waals surface area contributed by atoms with Gasteiger partial charge in [-0.3, -0.25) is 24.3 Å². The van der Waals surface area contributed by atoms with Crippen LogP contribution in [0.4, 0.5) is 0 Å². The molecule has 12 heteroatoms. The van der Waals surface area contributed by atoms with Gasteiger partial charge in [-0.25, -0.2) is 8.42 Å². The molecule has 230 valence electrons. The largest absolute Gasteiger partial charge is 0.508 e. The second-order valence-corrected chi connectivity index (χ2v) is 14.1. The number of ketones is 1. The molecule has 0 radical (unpaired) electrons. The third-order valence-electron chi connectivity index (χ3n) is 7.77. The normalized spacial score (nSPS) is 17.3. The van der Waals surface area contributed by atoms with Crippen LogP contribution in [0.2, 0.25) is 0 Å². The van der Waals surface area contributed by atoms with Crippen LogP contribution in [0.5, 0.6) is 11.5 Å². The molecule has 44 heavy (non-hydrogen) atoms. The quantitative estimate of drug-likeness (QED) is 0.297. The lowest BCUT2D eigenvalue weighted by Gasteiger charge is -2.31. The van der Waals surface area contributed by atoms with Crippen molar-refractivity contribution >= 4 is 27.4 Å². The number of benzene rings is 2. The van der Waals surface area contributed by atoms with Crippen LogP contribution in [-0.4, -0.2) is 64.1 Å². The molecular formula is C32H34N4O7S. The van der Waals surface area contributed by atoms with Gasteiger partial charge in [-0.2, -0.15) is 0 Å². The van der Waals surface area contributed by atoms with Crippen molar-refractivity contribution in [2.45, 2.75) is 56.2 Å². The Bertz CT molecular complexity index is 1740. The molecule has 2 aliphatic heterocycles. The molecule has 2 aromatic carbocycles. The van der Waals surface area contributed by atoms with Crippen molar-refractivity contribution in [3.05, 3.63) is 101 Å². The van der Waals surface area contributed by atoms with Gasteiger partial charge >= 0.3 is 0 Å². The summed E-state index contributed by atoms with van der Waals surface area (Å²) in [4.78, 5) is 45.7.